The zero-order valence-electron chi connectivity index (χ0n) is 10.3. The summed E-state index contributed by atoms with van der Waals surface area (Å²) in [5, 5.41) is 0. The first kappa shape index (κ1) is 11.9. The van der Waals surface area contributed by atoms with Crippen LogP contribution in [0.15, 0.2) is 59.8 Å². The predicted octanol–water partition coefficient (Wildman–Crippen LogP) is 2.58. The standard InChI is InChI=1S/C14H12N2O2S/c1-11-9-14-13(15-10-11)7-8-16(14)19(17,18)12-5-3-2-4-6-12/h2-10H,1H3. The topological polar surface area (TPSA) is 52.0 Å². The molecule has 19 heavy (non-hydrogen) atoms. The third kappa shape index (κ3) is 1.92. The Labute approximate surface area is 111 Å². The zero-order chi connectivity index (χ0) is 13.5. The lowest BCUT2D eigenvalue weighted by Gasteiger charge is -2.07. The molecule has 5 heteroatoms. The summed E-state index contributed by atoms with van der Waals surface area (Å²) in [6.07, 6.45) is 3.27. The average molecular weight is 272 g/mol. The highest BCUT2D eigenvalue weighted by molar-refractivity contribution is 7.90. The van der Waals surface area contributed by atoms with Crippen LogP contribution in [0.25, 0.3) is 11.0 Å². The molecule has 1 aromatic carbocycles. The highest BCUT2D eigenvalue weighted by atomic mass is 32.2. The van der Waals surface area contributed by atoms with E-state index in [0.29, 0.717) is 11.0 Å². The third-order valence-electron chi connectivity index (χ3n) is 2.94. The molecule has 0 atom stereocenters. The van der Waals surface area contributed by atoms with Crippen LogP contribution in [-0.2, 0) is 10.0 Å². The van der Waals surface area contributed by atoms with E-state index in [-0.39, 0.29) is 4.90 Å². The lowest BCUT2D eigenvalue weighted by atomic mass is 10.3. The van der Waals surface area contributed by atoms with Crippen LogP contribution in [0.4, 0.5) is 0 Å². The molecule has 0 aliphatic carbocycles. The smallest absolute Gasteiger partial charge is 0.254 e. The molecule has 0 saturated carbocycles. The first-order chi connectivity index (χ1) is 9.09. The average Bonchev–Trinajstić information content (AvgIpc) is 2.83. The van der Waals surface area contributed by atoms with E-state index in [1.165, 1.54) is 3.97 Å². The lowest BCUT2D eigenvalue weighted by molar-refractivity contribution is 0.589. The van der Waals surface area contributed by atoms with Crippen molar-refractivity contribution in [3.8, 4) is 0 Å². The van der Waals surface area contributed by atoms with Gasteiger partial charge < -0.3 is 0 Å². The molecule has 0 spiro atoms. The molecule has 96 valence electrons. The van der Waals surface area contributed by atoms with E-state index in [9.17, 15) is 8.42 Å². The fraction of sp³-hybridized carbons (Fsp3) is 0.0714. The van der Waals surface area contributed by atoms with Crippen molar-refractivity contribution < 1.29 is 8.42 Å². The van der Waals surface area contributed by atoms with Crippen molar-refractivity contribution in [3.63, 3.8) is 0 Å². The van der Waals surface area contributed by atoms with Gasteiger partial charge in [0.25, 0.3) is 10.0 Å². The highest BCUT2D eigenvalue weighted by Crippen LogP contribution is 2.21. The van der Waals surface area contributed by atoms with E-state index < -0.39 is 10.0 Å². The molecule has 3 aromatic rings. The minimum Gasteiger partial charge on any atom is -0.254 e. The van der Waals surface area contributed by atoms with Crippen molar-refractivity contribution in [2.75, 3.05) is 0 Å². The van der Waals surface area contributed by atoms with Crippen molar-refractivity contribution in [2.24, 2.45) is 0 Å². The van der Waals surface area contributed by atoms with Crippen molar-refractivity contribution in [1.29, 1.82) is 0 Å². The second-order valence-corrected chi connectivity index (χ2v) is 6.16. The SMILES string of the molecule is Cc1cnc2ccn(S(=O)(=O)c3ccccc3)c2c1. The Kier molecular flexibility index (Phi) is 2.64. The van der Waals surface area contributed by atoms with Gasteiger partial charge in [0.2, 0.25) is 0 Å². The Balaban J connectivity index is 2.28. The summed E-state index contributed by atoms with van der Waals surface area (Å²) in [6.45, 7) is 1.89. The summed E-state index contributed by atoms with van der Waals surface area (Å²) < 4.78 is 26.4. The number of fused-ring (bicyclic) bond motifs is 1. The first-order valence-electron chi connectivity index (χ1n) is 5.83. The van der Waals surface area contributed by atoms with Crippen LogP contribution < -0.4 is 0 Å². The van der Waals surface area contributed by atoms with Gasteiger partial charge in [0.1, 0.15) is 0 Å². The maximum atomic E-state index is 12.6. The Morgan fingerprint density at radius 1 is 1.11 bits per heavy atom. The molecule has 0 bridgehead atoms. The second-order valence-electron chi connectivity index (χ2n) is 4.35. The predicted molar refractivity (Wildman–Crippen MR) is 73.5 cm³/mol. The largest absolute Gasteiger partial charge is 0.268 e. The number of hydrogen-bond acceptors (Lipinski definition) is 3. The van der Waals surface area contributed by atoms with Gasteiger partial charge in [-0.3, -0.25) is 4.98 Å². The maximum Gasteiger partial charge on any atom is 0.268 e. The summed E-state index contributed by atoms with van der Waals surface area (Å²) >= 11 is 0. The van der Waals surface area contributed by atoms with Crippen LogP contribution in [-0.4, -0.2) is 17.4 Å². The van der Waals surface area contributed by atoms with Crippen molar-refractivity contribution >= 4 is 21.1 Å². The fourth-order valence-electron chi connectivity index (χ4n) is 2.00. The van der Waals surface area contributed by atoms with Crippen LogP contribution in [0.5, 0.6) is 0 Å². The van der Waals surface area contributed by atoms with Gasteiger partial charge in [0, 0.05) is 12.4 Å². The van der Waals surface area contributed by atoms with Gasteiger partial charge in [0.05, 0.1) is 15.9 Å². The molecule has 0 unspecified atom stereocenters. The lowest BCUT2D eigenvalue weighted by Crippen LogP contribution is -2.11. The molecule has 0 radical (unpaired) electrons. The molecular weight excluding hydrogens is 260 g/mol. The summed E-state index contributed by atoms with van der Waals surface area (Å²) in [5.41, 5.74) is 2.20. The number of rotatable bonds is 2. The molecule has 3 rings (SSSR count). The molecule has 4 nitrogen and oxygen atoms in total. The number of aryl methyl sites for hydroxylation is 1. The second kappa shape index (κ2) is 4.20. The molecular formula is C14H12N2O2S. The van der Waals surface area contributed by atoms with Crippen LogP contribution in [0, 0.1) is 6.92 Å². The van der Waals surface area contributed by atoms with E-state index >= 15 is 0 Å². The molecule has 0 N–H and O–H groups in total. The molecule has 0 saturated heterocycles. The minimum atomic E-state index is -3.56. The monoisotopic (exact) mass is 272 g/mol. The Morgan fingerprint density at radius 2 is 1.84 bits per heavy atom. The summed E-state index contributed by atoms with van der Waals surface area (Å²) in [5.74, 6) is 0. The Morgan fingerprint density at radius 3 is 2.58 bits per heavy atom. The van der Waals surface area contributed by atoms with E-state index in [1.54, 1.807) is 48.8 Å². The molecule has 2 heterocycles. The van der Waals surface area contributed by atoms with Crippen molar-refractivity contribution in [2.45, 2.75) is 11.8 Å². The quantitative estimate of drug-likeness (QED) is 0.720. The molecule has 0 aliphatic rings. The van der Waals surface area contributed by atoms with Crippen LogP contribution in [0.2, 0.25) is 0 Å². The molecule has 0 aliphatic heterocycles. The van der Waals surface area contributed by atoms with Gasteiger partial charge >= 0.3 is 0 Å². The number of nitrogens with zero attached hydrogens (tertiary/aromatic N) is 2. The molecule has 0 fully saturated rings. The summed E-state index contributed by atoms with van der Waals surface area (Å²) in [4.78, 5) is 4.50. The first-order valence-corrected chi connectivity index (χ1v) is 7.27. The summed E-state index contributed by atoms with van der Waals surface area (Å²) in [7, 11) is -3.56. The van der Waals surface area contributed by atoms with Crippen molar-refractivity contribution in [1.82, 2.24) is 8.96 Å². The number of pyridine rings is 1. The van der Waals surface area contributed by atoms with E-state index in [0.717, 1.165) is 5.56 Å². The van der Waals surface area contributed by atoms with Crippen LogP contribution >= 0.6 is 0 Å². The van der Waals surface area contributed by atoms with E-state index in [1.807, 2.05) is 13.0 Å². The zero-order valence-corrected chi connectivity index (χ0v) is 11.1. The summed E-state index contributed by atoms with van der Waals surface area (Å²) in [6, 6.07) is 11.9. The van der Waals surface area contributed by atoms with Gasteiger partial charge in [0.15, 0.2) is 0 Å². The number of aromatic nitrogens is 2. The van der Waals surface area contributed by atoms with Gasteiger partial charge in [-0.05, 0) is 36.8 Å². The Hall–Kier alpha value is -2.14. The van der Waals surface area contributed by atoms with Gasteiger partial charge in [-0.15, -0.1) is 0 Å². The third-order valence-corrected chi connectivity index (χ3v) is 4.64. The van der Waals surface area contributed by atoms with Gasteiger partial charge in [-0.25, -0.2) is 12.4 Å². The van der Waals surface area contributed by atoms with E-state index in [2.05, 4.69) is 4.98 Å². The fourth-order valence-corrected chi connectivity index (χ4v) is 3.36. The number of benzene rings is 1. The van der Waals surface area contributed by atoms with E-state index in [4.69, 9.17) is 0 Å². The minimum absolute atomic E-state index is 0.272. The Bertz CT molecular complexity index is 836. The molecule has 2 aromatic heterocycles. The van der Waals surface area contributed by atoms with Gasteiger partial charge in [-0.1, -0.05) is 18.2 Å². The van der Waals surface area contributed by atoms with Crippen LogP contribution in [0.1, 0.15) is 5.56 Å². The highest BCUT2D eigenvalue weighted by Gasteiger charge is 2.18. The van der Waals surface area contributed by atoms with Crippen LogP contribution in [0.3, 0.4) is 0 Å². The molecule has 0 amide bonds. The number of hydrogen-bond donors (Lipinski definition) is 0. The normalized spacial score (nSPS) is 11.8. The van der Waals surface area contributed by atoms with Gasteiger partial charge in [-0.2, -0.15) is 0 Å². The maximum absolute atomic E-state index is 12.6. The van der Waals surface area contributed by atoms with Crippen molar-refractivity contribution in [3.05, 3.63) is 60.4 Å².